The van der Waals surface area contributed by atoms with Crippen molar-refractivity contribution in [3.8, 4) is 17.6 Å². The molecule has 0 atom stereocenters. The molecule has 0 spiro atoms. The number of aryl methyl sites for hydroxylation is 1. The van der Waals surface area contributed by atoms with Crippen molar-refractivity contribution < 1.29 is 9.53 Å². The van der Waals surface area contributed by atoms with Gasteiger partial charge >= 0.3 is 0 Å². The van der Waals surface area contributed by atoms with E-state index in [1.165, 1.54) is 0 Å². The third-order valence-corrected chi connectivity index (χ3v) is 4.32. The molecule has 3 rings (SSSR count). The van der Waals surface area contributed by atoms with Crippen molar-refractivity contribution >= 4 is 22.5 Å². The molecule has 1 heterocycles. The van der Waals surface area contributed by atoms with Gasteiger partial charge < -0.3 is 10.1 Å². The molecule has 0 aliphatic heterocycles. The Kier molecular flexibility index (Phi) is 6.64. The molecule has 0 unspecified atom stereocenters. The topological polar surface area (TPSA) is 51.2 Å². The Morgan fingerprint density at radius 1 is 1.11 bits per heavy atom. The number of carbonyl (C=O) groups excluding carboxylic acids is 1. The highest BCUT2D eigenvalue weighted by molar-refractivity contribution is 6.06. The minimum Gasteiger partial charge on any atom is -0.494 e. The van der Waals surface area contributed by atoms with E-state index >= 15 is 0 Å². The number of ether oxygens (including phenoxy) is 1. The Bertz CT molecular complexity index is 1030. The Hall–Kier alpha value is -3.32. The smallest absolute Gasteiger partial charge is 0.255 e. The maximum atomic E-state index is 12.6. The second-order valence-electron chi connectivity index (χ2n) is 6.57. The first kappa shape index (κ1) is 19.4. The van der Waals surface area contributed by atoms with E-state index in [1.54, 1.807) is 6.07 Å². The number of unbranched alkanes of at least 4 members (excludes halogenated alkanes) is 2. The van der Waals surface area contributed by atoms with Crippen LogP contribution in [0.15, 0.2) is 54.6 Å². The van der Waals surface area contributed by atoms with Gasteiger partial charge in [0.05, 0.1) is 12.1 Å². The molecule has 0 saturated heterocycles. The van der Waals surface area contributed by atoms with Gasteiger partial charge in [-0.15, -0.1) is 11.8 Å². The molecule has 3 aromatic rings. The number of aromatic nitrogens is 1. The Morgan fingerprint density at radius 2 is 2.00 bits per heavy atom. The first-order chi connectivity index (χ1) is 13.7. The molecule has 0 aliphatic carbocycles. The van der Waals surface area contributed by atoms with E-state index in [-0.39, 0.29) is 5.91 Å². The van der Waals surface area contributed by atoms with Crippen molar-refractivity contribution in [1.82, 2.24) is 4.98 Å². The van der Waals surface area contributed by atoms with E-state index in [0.29, 0.717) is 17.9 Å². The van der Waals surface area contributed by atoms with E-state index in [2.05, 4.69) is 22.1 Å². The molecule has 1 amide bonds. The minimum absolute atomic E-state index is 0.155. The summed E-state index contributed by atoms with van der Waals surface area (Å²) < 4.78 is 5.78. The Balaban J connectivity index is 1.60. The van der Waals surface area contributed by atoms with Crippen LogP contribution in [0.4, 0.5) is 5.69 Å². The zero-order valence-corrected chi connectivity index (χ0v) is 16.3. The molecule has 2 aromatic carbocycles. The highest BCUT2D eigenvalue weighted by atomic mass is 16.5. The number of nitrogens with one attached hydrogen (secondary N) is 1. The number of nitrogens with zero attached hydrogens (tertiary/aromatic N) is 1. The predicted molar refractivity (Wildman–Crippen MR) is 114 cm³/mol. The first-order valence-corrected chi connectivity index (χ1v) is 9.47. The molecular weight excluding hydrogens is 348 g/mol. The van der Waals surface area contributed by atoms with Gasteiger partial charge in [-0.1, -0.05) is 12.1 Å². The SMILES string of the molecule is CC#CCCCCOc1cccc(NC(=O)c2ccc3nc(C)ccc3c2)c1. The molecule has 0 saturated carbocycles. The lowest BCUT2D eigenvalue weighted by atomic mass is 10.1. The first-order valence-electron chi connectivity index (χ1n) is 9.47. The summed E-state index contributed by atoms with van der Waals surface area (Å²) in [5.74, 6) is 6.54. The third-order valence-electron chi connectivity index (χ3n) is 4.32. The molecule has 1 aromatic heterocycles. The molecule has 28 heavy (non-hydrogen) atoms. The van der Waals surface area contributed by atoms with Gasteiger partial charge in [-0.3, -0.25) is 9.78 Å². The van der Waals surface area contributed by atoms with Crippen LogP contribution in [0, 0.1) is 18.8 Å². The number of fused-ring (bicyclic) bond motifs is 1. The van der Waals surface area contributed by atoms with Gasteiger partial charge in [0, 0.05) is 34.8 Å². The molecule has 0 radical (unpaired) electrons. The van der Waals surface area contributed by atoms with Gasteiger partial charge in [-0.05, 0) is 63.1 Å². The lowest BCUT2D eigenvalue weighted by Gasteiger charge is -2.09. The molecular formula is C24H24N2O2. The third kappa shape index (κ3) is 5.34. The van der Waals surface area contributed by atoms with Crippen LogP contribution in [-0.4, -0.2) is 17.5 Å². The highest BCUT2D eigenvalue weighted by Gasteiger charge is 2.08. The summed E-state index contributed by atoms with van der Waals surface area (Å²) in [4.78, 5) is 17.1. The number of anilines is 1. The zero-order chi connectivity index (χ0) is 19.8. The predicted octanol–water partition coefficient (Wildman–Crippen LogP) is 5.37. The fourth-order valence-corrected chi connectivity index (χ4v) is 2.87. The summed E-state index contributed by atoms with van der Waals surface area (Å²) >= 11 is 0. The Labute approximate surface area is 165 Å². The summed E-state index contributed by atoms with van der Waals surface area (Å²) in [6, 6.07) is 16.9. The summed E-state index contributed by atoms with van der Waals surface area (Å²) in [7, 11) is 0. The second kappa shape index (κ2) is 9.57. The largest absolute Gasteiger partial charge is 0.494 e. The van der Waals surface area contributed by atoms with E-state index < -0.39 is 0 Å². The summed E-state index contributed by atoms with van der Waals surface area (Å²) in [6.07, 6.45) is 2.88. The molecule has 0 fully saturated rings. The molecule has 0 aliphatic rings. The fraction of sp³-hybridized carbons (Fsp3) is 0.250. The van der Waals surface area contributed by atoms with Crippen molar-refractivity contribution in [1.29, 1.82) is 0 Å². The number of rotatable bonds is 7. The van der Waals surface area contributed by atoms with Gasteiger partial charge in [0.25, 0.3) is 5.91 Å². The fourth-order valence-electron chi connectivity index (χ4n) is 2.87. The second-order valence-corrected chi connectivity index (χ2v) is 6.57. The van der Waals surface area contributed by atoms with Crippen LogP contribution >= 0.6 is 0 Å². The monoisotopic (exact) mass is 372 g/mol. The van der Waals surface area contributed by atoms with Crippen molar-refractivity contribution in [2.24, 2.45) is 0 Å². The lowest BCUT2D eigenvalue weighted by Crippen LogP contribution is -2.12. The number of carbonyl (C=O) groups is 1. The molecule has 1 N–H and O–H groups in total. The standard InChI is InChI=1S/C24H24N2O2/c1-3-4-5-6-7-15-28-22-10-8-9-21(17-22)26-24(27)20-13-14-23-19(16-20)12-11-18(2)25-23/h8-14,16-17H,5-7,15H2,1-2H3,(H,26,27). The number of hydrogen-bond acceptors (Lipinski definition) is 3. The van der Waals surface area contributed by atoms with Crippen molar-refractivity contribution in [3.63, 3.8) is 0 Å². The van der Waals surface area contributed by atoms with Gasteiger partial charge in [0.15, 0.2) is 0 Å². The minimum atomic E-state index is -0.155. The summed E-state index contributed by atoms with van der Waals surface area (Å²) in [5.41, 5.74) is 3.15. The van der Waals surface area contributed by atoms with Crippen molar-refractivity contribution in [2.45, 2.75) is 33.1 Å². The Morgan fingerprint density at radius 3 is 2.86 bits per heavy atom. The van der Waals surface area contributed by atoms with Gasteiger partial charge in [0.2, 0.25) is 0 Å². The van der Waals surface area contributed by atoms with E-state index in [4.69, 9.17) is 4.74 Å². The molecule has 4 nitrogen and oxygen atoms in total. The van der Waals surface area contributed by atoms with Gasteiger partial charge in [0.1, 0.15) is 5.75 Å². The van der Waals surface area contributed by atoms with Crippen LogP contribution in [-0.2, 0) is 0 Å². The van der Waals surface area contributed by atoms with Crippen LogP contribution in [0.3, 0.4) is 0 Å². The number of benzene rings is 2. The number of pyridine rings is 1. The molecule has 0 bridgehead atoms. The maximum absolute atomic E-state index is 12.6. The molecule has 142 valence electrons. The average Bonchev–Trinajstić information content (AvgIpc) is 2.70. The quantitative estimate of drug-likeness (QED) is 0.448. The van der Waals surface area contributed by atoms with E-state index in [9.17, 15) is 4.79 Å². The van der Waals surface area contributed by atoms with Gasteiger partial charge in [-0.25, -0.2) is 0 Å². The van der Waals surface area contributed by atoms with Crippen molar-refractivity contribution in [2.75, 3.05) is 11.9 Å². The number of hydrogen-bond donors (Lipinski definition) is 1. The summed E-state index contributed by atoms with van der Waals surface area (Å²) in [6.45, 7) is 4.44. The van der Waals surface area contributed by atoms with E-state index in [0.717, 1.165) is 41.6 Å². The van der Waals surface area contributed by atoms with Gasteiger partial charge in [-0.2, -0.15) is 0 Å². The summed E-state index contributed by atoms with van der Waals surface area (Å²) in [5, 5.41) is 3.88. The number of amides is 1. The van der Waals surface area contributed by atoms with Crippen LogP contribution in [0.5, 0.6) is 5.75 Å². The van der Waals surface area contributed by atoms with Crippen LogP contribution in [0.25, 0.3) is 10.9 Å². The van der Waals surface area contributed by atoms with Crippen LogP contribution in [0.2, 0.25) is 0 Å². The van der Waals surface area contributed by atoms with Crippen LogP contribution in [0.1, 0.15) is 42.2 Å². The van der Waals surface area contributed by atoms with Crippen molar-refractivity contribution in [3.05, 3.63) is 65.9 Å². The van der Waals surface area contributed by atoms with E-state index in [1.807, 2.05) is 62.4 Å². The highest BCUT2D eigenvalue weighted by Crippen LogP contribution is 2.20. The zero-order valence-electron chi connectivity index (χ0n) is 16.3. The lowest BCUT2D eigenvalue weighted by molar-refractivity contribution is 0.102. The molecule has 4 heteroatoms. The maximum Gasteiger partial charge on any atom is 0.255 e. The van der Waals surface area contributed by atoms with Crippen LogP contribution < -0.4 is 10.1 Å². The average molecular weight is 372 g/mol. The normalized spacial score (nSPS) is 10.2.